The highest BCUT2D eigenvalue weighted by molar-refractivity contribution is 5.82. The van der Waals surface area contributed by atoms with Crippen LogP contribution in [-0.4, -0.2) is 55.5 Å². The number of carbonyl (C=O) groups is 1. The number of hydrogen-bond donors (Lipinski definition) is 4. The quantitative estimate of drug-likeness (QED) is 0.478. The SMILES string of the molecule is CN[C@H]1CC=CCO[C@@H]2C[C@H](NC[C@@H](O)[C@H](Cc3ccccc3)NC1=O)c1cc(OC(C)C)ccc12. The summed E-state index contributed by atoms with van der Waals surface area (Å²) < 4.78 is 12.2. The minimum absolute atomic E-state index is 0.0163. The van der Waals surface area contributed by atoms with E-state index in [9.17, 15) is 9.90 Å². The second-order valence-corrected chi connectivity index (χ2v) is 9.90. The molecule has 4 rings (SSSR count). The van der Waals surface area contributed by atoms with Crippen molar-refractivity contribution >= 4 is 5.91 Å². The zero-order chi connectivity index (χ0) is 25.5. The molecule has 2 bridgehead atoms. The van der Waals surface area contributed by atoms with E-state index in [0.29, 0.717) is 26.0 Å². The molecule has 1 heterocycles. The lowest BCUT2D eigenvalue weighted by Crippen LogP contribution is -2.53. The third kappa shape index (κ3) is 6.73. The fourth-order valence-electron chi connectivity index (χ4n) is 4.98. The number of benzene rings is 2. The van der Waals surface area contributed by atoms with Gasteiger partial charge in [-0.1, -0.05) is 48.6 Å². The summed E-state index contributed by atoms with van der Waals surface area (Å²) in [6, 6.07) is 15.3. The number of ether oxygens (including phenoxy) is 2. The van der Waals surface area contributed by atoms with Crippen LogP contribution >= 0.6 is 0 Å². The number of amides is 1. The first-order chi connectivity index (χ1) is 17.4. The maximum atomic E-state index is 13.1. The molecule has 0 saturated carbocycles. The van der Waals surface area contributed by atoms with Gasteiger partial charge in [-0.15, -0.1) is 0 Å². The van der Waals surface area contributed by atoms with Gasteiger partial charge in [-0.25, -0.2) is 0 Å². The highest BCUT2D eigenvalue weighted by Crippen LogP contribution is 2.42. The second kappa shape index (κ2) is 12.5. The molecule has 1 amide bonds. The van der Waals surface area contributed by atoms with Gasteiger partial charge >= 0.3 is 0 Å². The molecule has 4 N–H and O–H groups in total. The van der Waals surface area contributed by atoms with E-state index in [2.05, 4.69) is 28.1 Å². The second-order valence-electron chi connectivity index (χ2n) is 9.90. The third-order valence-electron chi connectivity index (χ3n) is 6.86. The molecule has 0 unspecified atom stereocenters. The molecule has 2 aliphatic rings. The average Bonchev–Trinajstić information content (AvgIpc) is 3.20. The van der Waals surface area contributed by atoms with Crippen LogP contribution in [-0.2, 0) is 16.0 Å². The summed E-state index contributed by atoms with van der Waals surface area (Å²) in [5, 5.41) is 21.0. The fourth-order valence-corrected chi connectivity index (χ4v) is 4.98. The van der Waals surface area contributed by atoms with Crippen molar-refractivity contribution in [2.45, 2.75) is 69.5 Å². The molecule has 2 aromatic rings. The first kappa shape index (κ1) is 26.4. The Balaban J connectivity index is 1.59. The van der Waals surface area contributed by atoms with Gasteiger partial charge in [0.1, 0.15) is 5.75 Å². The number of likely N-dealkylation sites (N-methyl/N-ethyl adjacent to an activating group) is 1. The first-order valence-corrected chi connectivity index (χ1v) is 12.9. The highest BCUT2D eigenvalue weighted by Gasteiger charge is 2.33. The van der Waals surface area contributed by atoms with Gasteiger partial charge in [0.2, 0.25) is 5.91 Å². The van der Waals surface area contributed by atoms with Gasteiger partial charge in [-0.05, 0) is 69.0 Å². The summed E-state index contributed by atoms with van der Waals surface area (Å²) in [7, 11) is 1.78. The zero-order valence-electron chi connectivity index (χ0n) is 21.4. The van der Waals surface area contributed by atoms with Gasteiger partial charge in [-0.2, -0.15) is 0 Å². The lowest BCUT2D eigenvalue weighted by atomic mass is 9.99. The van der Waals surface area contributed by atoms with Gasteiger partial charge in [-0.3, -0.25) is 4.79 Å². The van der Waals surface area contributed by atoms with Crippen molar-refractivity contribution in [1.29, 1.82) is 0 Å². The van der Waals surface area contributed by atoms with Crippen LogP contribution in [0.2, 0.25) is 0 Å². The van der Waals surface area contributed by atoms with Crippen molar-refractivity contribution in [2.75, 3.05) is 20.2 Å². The summed E-state index contributed by atoms with van der Waals surface area (Å²) in [5.41, 5.74) is 3.36. The average molecular weight is 494 g/mol. The van der Waals surface area contributed by atoms with Crippen LogP contribution in [0.15, 0.2) is 60.7 Å². The largest absolute Gasteiger partial charge is 0.491 e. The Morgan fingerprint density at radius 3 is 2.69 bits per heavy atom. The number of hydrogen-bond acceptors (Lipinski definition) is 6. The predicted molar refractivity (Wildman–Crippen MR) is 141 cm³/mol. The van der Waals surface area contributed by atoms with Crippen molar-refractivity contribution in [1.82, 2.24) is 16.0 Å². The normalized spacial score (nSPS) is 27.1. The van der Waals surface area contributed by atoms with Crippen molar-refractivity contribution in [3.05, 3.63) is 77.4 Å². The van der Waals surface area contributed by atoms with E-state index < -0.39 is 12.1 Å². The Hall–Kier alpha value is -2.71. The molecule has 194 valence electrons. The number of nitrogens with one attached hydrogen (secondary N) is 3. The smallest absolute Gasteiger partial charge is 0.237 e. The van der Waals surface area contributed by atoms with Crippen molar-refractivity contribution < 1.29 is 19.4 Å². The molecular weight excluding hydrogens is 454 g/mol. The summed E-state index contributed by atoms with van der Waals surface area (Å²) >= 11 is 0. The van der Waals surface area contributed by atoms with Crippen LogP contribution < -0.4 is 20.7 Å². The molecular formula is C29H39N3O4. The Labute approximate surface area is 214 Å². The van der Waals surface area contributed by atoms with E-state index >= 15 is 0 Å². The molecule has 0 saturated heterocycles. The minimum atomic E-state index is -0.772. The van der Waals surface area contributed by atoms with E-state index in [1.54, 1.807) is 7.05 Å². The zero-order valence-corrected chi connectivity index (χ0v) is 21.4. The van der Waals surface area contributed by atoms with Crippen LogP contribution in [0.25, 0.3) is 0 Å². The van der Waals surface area contributed by atoms with E-state index in [-0.39, 0.29) is 30.2 Å². The summed E-state index contributed by atoms with van der Waals surface area (Å²) in [4.78, 5) is 13.1. The molecule has 7 heteroatoms. The number of β-amino-alcohol motifs (C(OH)–C–C–N with tert-alkyl or cyclic N) is 1. The van der Waals surface area contributed by atoms with Gasteiger partial charge in [0.05, 0.1) is 37.0 Å². The first-order valence-electron chi connectivity index (χ1n) is 12.9. The van der Waals surface area contributed by atoms with Crippen LogP contribution in [0.1, 0.15) is 55.5 Å². The highest BCUT2D eigenvalue weighted by atomic mass is 16.5. The Morgan fingerprint density at radius 1 is 1.14 bits per heavy atom. The monoisotopic (exact) mass is 493 g/mol. The van der Waals surface area contributed by atoms with Crippen LogP contribution in [0.5, 0.6) is 5.75 Å². The number of fused-ring (bicyclic) bond motifs is 5. The summed E-state index contributed by atoms with van der Waals surface area (Å²) in [6.07, 6.45) is 5.08. The molecule has 36 heavy (non-hydrogen) atoms. The minimum Gasteiger partial charge on any atom is -0.491 e. The summed E-state index contributed by atoms with van der Waals surface area (Å²) in [5.74, 6) is 0.707. The molecule has 0 fully saturated rings. The lowest BCUT2D eigenvalue weighted by Gasteiger charge is -2.28. The maximum Gasteiger partial charge on any atom is 0.237 e. The molecule has 7 nitrogen and oxygen atoms in total. The topological polar surface area (TPSA) is 91.9 Å². The van der Waals surface area contributed by atoms with E-state index in [1.165, 1.54) is 0 Å². The van der Waals surface area contributed by atoms with Crippen LogP contribution in [0.3, 0.4) is 0 Å². The third-order valence-corrected chi connectivity index (χ3v) is 6.86. The molecule has 0 aromatic heterocycles. The molecule has 0 radical (unpaired) electrons. The van der Waals surface area contributed by atoms with Crippen LogP contribution in [0, 0.1) is 0 Å². The van der Waals surface area contributed by atoms with Crippen molar-refractivity contribution in [3.8, 4) is 5.75 Å². The van der Waals surface area contributed by atoms with Crippen molar-refractivity contribution in [2.24, 2.45) is 0 Å². The molecule has 1 aliphatic carbocycles. The number of aliphatic hydroxyl groups is 1. The number of aliphatic hydroxyl groups excluding tert-OH is 1. The van der Waals surface area contributed by atoms with E-state index in [4.69, 9.17) is 9.47 Å². The van der Waals surface area contributed by atoms with E-state index in [0.717, 1.165) is 28.9 Å². The van der Waals surface area contributed by atoms with Crippen LogP contribution in [0.4, 0.5) is 0 Å². The molecule has 5 atom stereocenters. The Bertz CT molecular complexity index is 1030. The molecule has 1 aliphatic heterocycles. The fraction of sp³-hybridized carbons (Fsp3) is 0.483. The van der Waals surface area contributed by atoms with Gasteiger partial charge in [0, 0.05) is 12.6 Å². The number of carbonyl (C=O) groups excluding carboxylic acids is 1. The maximum absolute atomic E-state index is 13.1. The van der Waals surface area contributed by atoms with Gasteiger partial charge in [0.25, 0.3) is 0 Å². The standard InChI is InChI=1S/C29H39N3O4/c1-19(2)36-21-12-13-22-23(16-21)25-17-28(22)35-14-8-7-11-24(30-3)29(34)32-26(27(33)18-31-25)15-20-9-5-4-6-10-20/h4-10,12-13,16,19,24-28,30-31,33H,11,14-15,17-18H2,1-3H3,(H,32,34)/t24-,25-,26-,27+,28+/m0/s1. The number of rotatable bonds is 5. The Morgan fingerprint density at radius 2 is 1.94 bits per heavy atom. The predicted octanol–water partition coefficient (Wildman–Crippen LogP) is 3.20. The summed E-state index contributed by atoms with van der Waals surface area (Å²) in [6.45, 7) is 4.84. The van der Waals surface area contributed by atoms with Gasteiger partial charge in [0.15, 0.2) is 0 Å². The molecule has 0 spiro atoms. The van der Waals surface area contributed by atoms with Crippen molar-refractivity contribution in [3.63, 3.8) is 0 Å². The van der Waals surface area contributed by atoms with E-state index in [1.807, 2.05) is 62.4 Å². The lowest BCUT2D eigenvalue weighted by molar-refractivity contribution is -0.124. The van der Waals surface area contributed by atoms with Gasteiger partial charge < -0.3 is 30.5 Å². The molecule has 2 aromatic carbocycles. The Kier molecular flexibility index (Phi) is 9.15.